The van der Waals surface area contributed by atoms with E-state index < -0.39 is 0 Å². The van der Waals surface area contributed by atoms with Crippen LogP contribution in [0.3, 0.4) is 0 Å². The Morgan fingerprint density at radius 3 is 2.43 bits per heavy atom. The lowest BCUT2D eigenvalue weighted by Gasteiger charge is -2.24. The van der Waals surface area contributed by atoms with E-state index >= 15 is 0 Å². The van der Waals surface area contributed by atoms with E-state index in [1.807, 2.05) is 38.4 Å². The fraction of sp³-hybridized carbons (Fsp3) is 0.294. The molecular weight excluding hydrogens is 287 g/mol. The van der Waals surface area contributed by atoms with Gasteiger partial charge in [-0.2, -0.15) is 0 Å². The van der Waals surface area contributed by atoms with Crippen molar-refractivity contribution in [1.29, 1.82) is 0 Å². The van der Waals surface area contributed by atoms with Crippen molar-refractivity contribution >= 4 is 17.3 Å². The standard InChI is InChI=1S/C17H20ClFN2/c1-20-17(15-5-3-4-6-16(15)18)11-12-21(2)14-9-7-13(19)8-10-14/h3-10,17,20H,11-12H2,1-2H3. The fourth-order valence-corrected chi connectivity index (χ4v) is 2.63. The molecule has 21 heavy (non-hydrogen) atoms. The predicted octanol–water partition coefficient (Wildman–Crippen LogP) is 4.27. The Kier molecular flexibility index (Phi) is 5.59. The second-order valence-corrected chi connectivity index (χ2v) is 5.46. The number of nitrogens with one attached hydrogen (secondary N) is 1. The third-order valence-electron chi connectivity index (χ3n) is 3.65. The summed E-state index contributed by atoms with van der Waals surface area (Å²) in [6.07, 6.45) is 0.911. The van der Waals surface area contributed by atoms with Gasteiger partial charge >= 0.3 is 0 Å². The van der Waals surface area contributed by atoms with Crippen LogP contribution in [0.2, 0.25) is 5.02 Å². The summed E-state index contributed by atoms with van der Waals surface area (Å²) in [6.45, 7) is 0.850. The summed E-state index contributed by atoms with van der Waals surface area (Å²) in [7, 11) is 3.94. The number of hydrogen-bond acceptors (Lipinski definition) is 2. The van der Waals surface area contributed by atoms with Gasteiger partial charge in [-0.3, -0.25) is 0 Å². The third kappa shape index (κ3) is 4.19. The number of nitrogens with zero attached hydrogens (tertiary/aromatic N) is 1. The number of hydrogen-bond donors (Lipinski definition) is 1. The Bertz CT molecular complexity index is 571. The lowest BCUT2D eigenvalue weighted by molar-refractivity contribution is 0.549. The maximum absolute atomic E-state index is 12.9. The Hall–Kier alpha value is -1.58. The Morgan fingerprint density at radius 1 is 1.14 bits per heavy atom. The van der Waals surface area contributed by atoms with E-state index in [0.29, 0.717) is 0 Å². The highest BCUT2D eigenvalue weighted by Crippen LogP contribution is 2.25. The highest BCUT2D eigenvalue weighted by Gasteiger charge is 2.13. The average Bonchev–Trinajstić information content (AvgIpc) is 2.50. The molecule has 2 aromatic carbocycles. The van der Waals surface area contributed by atoms with Gasteiger partial charge < -0.3 is 10.2 Å². The molecule has 1 N–H and O–H groups in total. The largest absolute Gasteiger partial charge is 0.375 e. The molecule has 0 fully saturated rings. The molecule has 0 aliphatic heterocycles. The van der Waals surface area contributed by atoms with Gasteiger partial charge in [0.15, 0.2) is 0 Å². The smallest absolute Gasteiger partial charge is 0.123 e. The highest BCUT2D eigenvalue weighted by molar-refractivity contribution is 6.31. The first-order chi connectivity index (χ1) is 10.1. The minimum atomic E-state index is -0.212. The Morgan fingerprint density at radius 2 is 1.81 bits per heavy atom. The summed E-state index contributed by atoms with van der Waals surface area (Å²) in [5, 5.41) is 4.08. The zero-order valence-electron chi connectivity index (χ0n) is 12.3. The highest BCUT2D eigenvalue weighted by atomic mass is 35.5. The second-order valence-electron chi connectivity index (χ2n) is 5.05. The molecule has 1 atom stereocenters. The quantitative estimate of drug-likeness (QED) is 0.857. The maximum atomic E-state index is 12.9. The predicted molar refractivity (Wildman–Crippen MR) is 87.5 cm³/mol. The van der Waals surface area contributed by atoms with Gasteiger partial charge in [-0.25, -0.2) is 4.39 Å². The van der Waals surface area contributed by atoms with Crippen LogP contribution in [-0.4, -0.2) is 20.6 Å². The molecular formula is C17H20ClFN2. The fourth-order valence-electron chi connectivity index (χ4n) is 2.36. The van der Waals surface area contributed by atoms with E-state index in [1.165, 1.54) is 12.1 Å². The van der Waals surface area contributed by atoms with Crippen molar-refractivity contribution in [3.05, 3.63) is 64.9 Å². The number of rotatable bonds is 6. The molecule has 2 nitrogen and oxygen atoms in total. The molecule has 0 spiro atoms. The van der Waals surface area contributed by atoms with Gasteiger partial charge in [0.25, 0.3) is 0 Å². The summed E-state index contributed by atoms with van der Waals surface area (Å²) >= 11 is 6.25. The lowest BCUT2D eigenvalue weighted by atomic mass is 10.0. The Labute approximate surface area is 130 Å². The minimum Gasteiger partial charge on any atom is -0.375 e. The molecule has 0 saturated heterocycles. The van der Waals surface area contributed by atoms with Crippen LogP contribution in [0.1, 0.15) is 18.0 Å². The molecule has 4 heteroatoms. The van der Waals surface area contributed by atoms with E-state index in [2.05, 4.69) is 10.2 Å². The van der Waals surface area contributed by atoms with E-state index in [4.69, 9.17) is 11.6 Å². The van der Waals surface area contributed by atoms with Crippen molar-refractivity contribution in [1.82, 2.24) is 5.32 Å². The summed E-state index contributed by atoms with van der Waals surface area (Å²) in [6, 6.07) is 14.6. The van der Waals surface area contributed by atoms with Crippen LogP contribution in [0.25, 0.3) is 0 Å². The van der Waals surface area contributed by atoms with E-state index in [9.17, 15) is 4.39 Å². The molecule has 0 aliphatic carbocycles. The van der Waals surface area contributed by atoms with Crippen molar-refractivity contribution in [3.8, 4) is 0 Å². The van der Waals surface area contributed by atoms with Crippen molar-refractivity contribution in [2.24, 2.45) is 0 Å². The van der Waals surface area contributed by atoms with Crippen LogP contribution < -0.4 is 10.2 Å². The number of benzene rings is 2. The van der Waals surface area contributed by atoms with Crippen LogP contribution in [0, 0.1) is 5.82 Å². The first-order valence-corrected chi connectivity index (χ1v) is 7.38. The lowest BCUT2D eigenvalue weighted by Crippen LogP contribution is -2.25. The van der Waals surface area contributed by atoms with E-state index in [0.717, 1.165) is 29.2 Å². The zero-order chi connectivity index (χ0) is 15.2. The van der Waals surface area contributed by atoms with Gasteiger partial charge in [0, 0.05) is 30.3 Å². The van der Waals surface area contributed by atoms with Crippen LogP contribution >= 0.6 is 11.6 Å². The van der Waals surface area contributed by atoms with Gasteiger partial charge in [-0.1, -0.05) is 29.8 Å². The third-order valence-corrected chi connectivity index (χ3v) is 3.99. The molecule has 112 valence electrons. The van der Waals surface area contributed by atoms with Crippen molar-refractivity contribution < 1.29 is 4.39 Å². The second kappa shape index (κ2) is 7.43. The SMILES string of the molecule is CNC(CCN(C)c1ccc(F)cc1)c1ccccc1Cl. The van der Waals surface area contributed by atoms with Crippen LogP contribution in [0.4, 0.5) is 10.1 Å². The van der Waals surface area contributed by atoms with Crippen LogP contribution in [0.5, 0.6) is 0 Å². The summed E-state index contributed by atoms with van der Waals surface area (Å²) in [4.78, 5) is 2.11. The molecule has 1 unspecified atom stereocenters. The van der Waals surface area contributed by atoms with E-state index in [-0.39, 0.29) is 11.9 Å². The first kappa shape index (κ1) is 15.8. The molecule has 0 saturated carbocycles. The number of halogens is 2. The van der Waals surface area contributed by atoms with Crippen molar-refractivity contribution in [2.45, 2.75) is 12.5 Å². The van der Waals surface area contributed by atoms with Gasteiger partial charge in [0.05, 0.1) is 0 Å². The van der Waals surface area contributed by atoms with Crippen LogP contribution in [0.15, 0.2) is 48.5 Å². The summed E-state index contributed by atoms with van der Waals surface area (Å²) in [5.74, 6) is -0.212. The molecule has 2 aromatic rings. The first-order valence-electron chi connectivity index (χ1n) is 7.00. The summed E-state index contributed by atoms with van der Waals surface area (Å²) < 4.78 is 12.9. The van der Waals surface area contributed by atoms with Crippen molar-refractivity contribution in [2.75, 3.05) is 25.5 Å². The minimum absolute atomic E-state index is 0.196. The van der Waals surface area contributed by atoms with Gasteiger partial charge in [-0.05, 0) is 49.4 Å². The maximum Gasteiger partial charge on any atom is 0.123 e. The molecule has 0 heterocycles. The monoisotopic (exact) mass is 306 g/mol. The van der Waals surface area contributed by atoms with Crippen LogP contribution in [-0.2, 0) is 0 Å². The van der Waals surface area contributed by atoms with Crippen molar-refractivity contribution in [3.63, 3.8) is 0 Å². The Balaban J connectivity index is 2.00. The van der Waals surface area contributed by atoms with E-state index in [1.54, 1.807) is 12.1 Å². The zero-order valence-corrected chi connectivity index (χ0v) is 13.1. The molecule has 2 rings (SSSR count). The number of anilines is 1. The summed E-state index contributed by atoms with van der Waals surface area (Å²) in [5.41, 5.74) is 2.11. The average molecular weight is 307 g/mol. The van der Waals surface area contributed by atoms with Gasteiger partial charge in [0.2, 0.25) is 0 Å². The topological polar surface area (TPSA) is 15.3 Å². The molecule has 0 radical (unpaired) electrons. The van der Waals surface area contributed by atoms with Gasteiger partial charge in [0.1, 0.15) is 5.82 Å². The molecule has 0 bridgehead atoms. The normalized spacial score (nSPS) is 12.2. The van der Waals surface area contributed by atoms with Gasteiger partial charge in [-0.15, -0.1) is 0 Å². The molecule has 0 aliphatic rings. The molecule has 0 amide bonds. The molecule has 0 aromatic heterocycles.